The minimum atomic E-state index is -0.442. The van der Waals surface area contributed by atoms with Crippen molar-refractivity contribution < 1.29 is 33.3 Å². The molecule has 0 amide bonds. The van der Waals surface area contributed by atoms with Crippen molar-refractivity contribution in [1.29, 1.82) is 0 Å². The lowest BCUT2D eigenvalue weighted by molar-refractivity contribution is -0.151. The monoisotopic (exact) mass is 250 g/mol. The zero-order chi connectivity index (χ0) is 12.9. The molecule has 0 unspecified atom stereocenters. The molecule has 0 aromatic carbocycles. The maximum absolute atomic E-state index is 10.8. The summed E-state index contributed by atoms with van der Waals surface area (Å²) in [5, 5.41) is 0. The van der Waals surface area contributed by atoms with E-state index in [1.54, 1.807) is 0 Å². The van der Waals surface area contributed by atoms with E-state index in [4.69, 9.17) is 14.2 Å². The molecule has 0 aliphatic carbocycles. The van der Waals surface area contributed by atoms with Crippen molar-refractivity contribution in [3.8, 4) is 0 Å². The fourth-order valence-corrected chi connectivity index (χ4v) is 0.850. The Bertz CT molecular complexity index is 195. The third-order valence-corrected chi connectivity index (χ3v) is 1.51. The van der Waals surface area contributed by atoms with Crippen LogP contribution in [0.5, 0.6) is 0 Å². The summed E-state index contributed by atoms with van der Waals surface area (Å²) in [6.45, 7) is 0.639. The molecular formula is C10H18O7. The number of rotatable bonds is 10. The van der Waals surface area contributed by atoms with Crippen molar-refractivity contribution in [3.05, 3.63) is 0 Å². The maximum atomic E-state index is 10.8. The largest absolute Gasteiger partial charge is 0.462 e. The normalized spacial score (nSPS) is 10.0. The van der Waals surface area contributed by atoms with E-state index in [1.807, 2.05) is 0 Å². The summed E-state index contributed by atoms with van der Waals surface area (Å²) in [7, 11) is 2.82. The summed E-state index contributed by atoms with van der Waals surface area (Å²) in [4.78, 5) is 21.6. The Morgan fingerprint density at radius 2 is 1.18 bits per heavy atom. The van der Waals surface area contributed by atoms with Crippen LogP contribution in [0.15, 0.2) is 0 Å². The first-order valence-electron chi connectivity index (χ1n) is 5.07. The van der Waals surface area contributed by atoms with E-state index in [-0.39, 0.29) is 39.6 Å². The molecule has 0 aliphatic heterocycles. The van der Waals surface area contributed by atoms with Gasteiger partial charge in [0.25, 0.3) is 0 Å². The first-order chi connectivity index (χ1) is 8.20. The molecule has 0 aliphatic rings. The molecule has 0 saturated heterocycles. The zero-order valence-electron chi connectivity index (χ0n) is 10.1. The molecule has 7 nitrogen and oxygen atoms in total. The molecule has 0 spiro atoms. The Labute approximate surface area is 99.9 Å². The summed E-state index contributed by atoms with van der Waals surface area (Å²) in [6, 6.07) is 0. The molecule has 0 saturated carbocycles. The van der Waals surface area contributed by atoms with E-state index in [0.29, 0.717) is 0 Å². The average molecular weight is 250 g/mol. The van der Waals surface area contributed by atoms with Crippen molar-refractivity contribution in [3.63, 3.8) is 0 Å². The van der Waals surface area contributed by atoms with Crippen LogP contribution >= 0.6 is 0 Å². The second kappa shape index (κ2) is 11.3. The summed E-state index contributed by atoms with van der Waals surface area (Å²) >= 11 is 0. The fraction of sp³-hybridized carbons (Fsp3) is 0.800. The highest BCUT2D eigenvalue weighted by Gasteiger charge is 2.02. The van der Waals surface area contributed by atoms with Gasteiger partial charge in [-0.15, -0.1) is 0 Å². The van der Waals surface area contributed by atoms with Gasteiger partial charge < -0.3 is 23.7 Å². The second-order valence-electron chi connectivity index (χ2n) is 2.92. The van der Waals surface area contributed by atoms with Crippen molar-refractivity contribution in [2.45, 2.75) is 0 Å². The third kappa shape index (κ3) is 11.1. The van der Waals surface area contributed by atoms with E-state index < -0.39 is 11.9 Å². The first kappa shape index (κ1) is 15.8. The average Bonchev–Trinajstić information content (AvgIpc) is 2.28. The molecule has 0 fully saturated rings. The predicted octanol–water partition coefficient (Wildman–Crippen LogP) is -0.618. The molecule has 0 heterocycles. The van der Waals surface area contributed by atoms with E-state index in [0.717, 1.165) is 0 Å². The van der Waals surface area contributed by atoms with Gasteiger partial charge in [-0.1, -0.05) is 0 Å². The Morgan fingerprint density at radius 1 is 0.765 bits per heavy atom. The van der Waals surface area contributed by atoms with Gasteiger partial charge in [-0.3, -0.25) is 0 Å². The van der Waals surface area contributed by atoms with Crippen LogP contribution in [0, 0.1) is 0 Å². The number of hydrogen-bond acceptors (Lipinski definition) is 7. The summed E-state index contributed by atoms with van der Waals surface area (Å²) in [5.74, 6) is -0.884. The van der Waals surface area contributed by atoms with E-state index in [1.165, 1.54) is 14.2 Å². The molecule has 7 heteroatoms. The molecule has 0 N–H and O–H groups in total. The highest BCUT2D eigenvalue weighted by atomic mass is 16.6. The lowest BCUT2D eigenvalue weighted by Gasteiger charge is -2.06. The molecule has 0 atom stereocenters. The number of carbonyl (C=O) groups excluding carboxylic acids is 2. The highest BCUT2D eigenvalue weighted by molar-refractivity contribution is 5.70. The van der Waals surface area contributed by atoms with Gasteiger partial charge in [-0.25, -0.2) is 9.59 Å². The minimum Gasteiger partial charge on any atom is -0.462 e. The maximum Gasteiger partial charge on any atom is 0.332 e. The predicted molar refractivity (Wildman–Crippen MR) is 56.5 cm³/mol. The molecule has 0 radical (unpaired) electrons. The zero-order valence-corrected chi connectivity index (χ0v) is 10.1. The summed E-state index contributed by atoms with van der Waals surface area (Å²) < 4.78 is 23.6. The number of ether oxygens (including phenoxy) is 5. The molecular weight excluding hydrogens is 232 g/mol. The van der Waals surface area contributed by atoms with Crippen molar-refractivity contribution in [2.24, 2.45) is 0 Å². The summed E-state index contributed by atoms with van der Waals surface area (Å²) in [5.41, 5.74) is 0. The van der Waals surface area contributed by atoms with Crippen molar-refractivity contribution in [2.75, 3.05) is 53.9 Å². The quantitative estimate of drug-likeness (QED) is 0.377. The van der Waals surface area contributed by atoms with Crippen LogP contribution in [0.4, 0.5) is 0 Å². The van der Waals surface area contributed by atoms with Crippen LogP contribution in [0.3, 0.4) is 0 Å². The van der Waals surface area contributed by atoms with Gasteiger partial charge in [-0.05, 0) is 0 Å². The van der Waals surface area contributed by atoms with Gasteiger partial charge >= 0.3 is 11.9 Å². The van der Waals surface area contributed by atoms with Gasteiger partial charge in [0.15, 0.2) is 0 Å². The fourth-order valence-electron chi connectivity index (χ4n) is 0.850. The van der Waals surface area contributed by atoms with Gasteiger partial charge in [0.1, 0.15) is 26.4 Å². The van der Waals surface area contributed by atoms with Crippen LogP contribution in [0.1, 0.15) is 0 Å². The van der Waals surface area contributed by atoms with Gasteiger partial charge in [0.05, 0.1) is 13.2 Å². The highest BCUT2D eigenvalue weighted by Crippen LogP contribution is 1.84. The van der Waals surface area contributed by atoms with E-state index >= 15 is 0 Å². The lowest BCUT2D eigenvalue weighted by Crippen LogP contribution is -2.17. The second-order valence-corrected chi connectivity index (χ2v) is 2.92. The topological polar surface area (TPSA) is 80.3 Å². The third-order valence-electron chi connectivity index (χ3n) is 1.51. The standard InChI is InChI=1S/C10H18O7/c1-13-7-9(11)16-5-3-15-4-6-17-10(12)8-14-2/h3-8H2,1-2H3. The van der Waals surface area contributed by atoms with Crippen LogP contribution in [-0.2, 0) is 33.3 Å². The van der Waals surface area contributed by atoms with E-state index in [2.05, 4.69) is 9.47 Å². The van der Waals surface area contributed by atoms with Crippen molar-refractivity contribution >= 4 is 11.9 Å². The minimum absolute atomic E-state index is 0.0748. The Morgan fingerprint density at radius 3 is 1.53 bits per heavy atom. The molecule has 0 aromatic heterocycles. The van der Waals surface area contributed by atoms with Gasteiger partial charge in [0.2, 0.25) is 0 Å². The number of methoxy groups -OCH3 is 2. The first-order valence-corrected chi connectivity index (χ1v) is 5.07. The summed E-state index contributed by atoms with van der Waals surface area (Å²) in [6.07, 6.45) is 0. The SMILES string of the molecule is COCC(=O)OCCOCCOC(=O)COC. The van der Waals surface area contributed by atoms with Crippen LogP contribution < -0.4 is 0 Å². The number of esters is 2. The van der Waals surface area contributed by atoms with Gasteiger partial charge in [0, 0.05) is 14.2 Å². The number of hydrogen-bond donors (Lipinski definition) is 0. The Hall–Kier alpha value is -1.18. The Kier molecular flexibility index (Phi) is 10.5. The molecule has 17 heavy (non-hydrogen) atoms. The number of carbonyl (C=O) groups is 2. The molecule has 0 aromatic rings. The van der Waals surface area contributed by atoms with Crippen LogP contribution in [0.2, 0.25) is 0 Å². The smallest absolute Gasteiger partial charge is 0.332 e. The van der Waals surface area contributed by atoms with Crippen molar-refractivity contribution in [1.82, 2.24) is 0 Å². The Balaban J connectivity index is 3.18. The lowest BCUT2D eigenvalue weighted by atomic mass is 10.6. The molecule has 0 bridgehead atoms. The molecule has 0 rings (SSSR count). The van der Waals surface area contributed by atoms with Gasteiger partial charge in [-0.2, -0.15) is 0 Å². The van der Waals surface area contributed by atoms with E-state index in [9.17, 15) is 9.59 Å². The van der Waals surface area contributed by atoms with Crippen LogP contribution in [-0.4, -0.2) is 65.8 Å². The van der Waals surface area contributed by atoms with Crippen LogP contribution in [0.25, 0.3) is 0 Å². The molecule has 100 valence electrons.